The Morgan fingerprint density at radius 3 is 2.66 bits per heavy atom. The average Bonchev–Trinajstić information content (AvgIpc) is 3.36. The van der Waals surface area contributed by atoms with Crippen LogP contribution in [0.15, 0.2) is 53.3 Å². The fourth-order valence-corrected chi connectivity index (χ4v) is 3.40. The molecular formula is C21H16Cl2FN5O3. The number of nitrogens with one attached hydrogen (secondary N) is 1. The van der Waals surface area contributed by atoms with Crippen molar-refractivity contribution in [3.63, 3.8) is 0 Å². The highest BCUT2D eigenvalue weighted by Gasteiger charge is 2.22. The summed E-state index contributed by atoms with van der Waals surface area (Å²) in [6.07, 6.45) is 1.44. The Kier molecular flexibility index (Phi) is 6.38. The SMILES string of the molecule is Cc1onc(C(=O)Nc2ncn(Cc3c(Cl)cccc3Cl)n2)c1COc1ccccc1F. The lowest BCUT2D eigenvalue weighted by Gasteiger charge is -2.07. The maximum absolute atomic E-state index is 13.8. The number of hydrogen-bond acceptors (Lipinski definition) is 6. The molecule has 0 aliphatic heterocycles. The van der Waals surface area contributed by atoms with Crippen LogP contribution in [0.1, 0.15) is 27.4 Å². The molecule has 0 aliphatic rings. The number of halogens is 3. The second-order valence-corrected chi connectivity index (χ2v) is 7.52. The van der Waals surface area contributed by atoms with Gasteiger partial charge in [-0.3, -0.25) is 10.1 Å². The molecule has 0 saturated carbocycles. The van der Waals surface area contributed by atoms with Crippen molar-refractivity contribution in [1.29, 1.82) is 0 Å². The first-order valence-corrected chi connectivity index (χ1v) is 10.1. The molecule has 2 heterocycles. The van der Waals surface area contributed by atoms with E-state index >= 15 is 0 Å². The molecule has 164 valence electrons. The van der Waals surface area contributed by atoms with Gasteiger partial charge in [-0.15, -0.1) is 5.10 Å². The lowest BCUT2D eigenvalue weighted by Crippen LogP contribution is -2.16. The molecule has 0 spiro atoms. The Hall–Kier alpha value is -3.43. The van der Waals surface area contributed by atoms with Crippen molar-refractivity contribution in [1.82, 2.24) is 19.9 Å². The molecule has 0 aliphatic carbocycles. The lowest BCUT2D eigenvalue weighted by molar-refractivity contribution is 0.101. The van der Waals surface area contributed by atoms with Crippen LogP contribution in [-0.4, -0.2) is 25.8 Å². The van der Waals surface area contributed by atoms with E-state index in [2.05, 4.69) is 20.6 Å². The topological polar surface area (TPSA) is 95.1 Å². The number of para-hydroxylation sites is 1. The number of aryl methyl sites for hydroxylation is 1. The number of anilines is 1. The van der Waals surface area contributed by atoms with Crippen LogP contribution in [0, 0.1) is 12.7 Å². The summed E-state index contributed by atoms with van der Waals surface area (Å²) in [5.74, 6) is -0.625. The minimum Gasteiger partial charge on any atom is -0.486 e. The molecule has 1 N–H and O–H groups in total. The van der Waals surface area contributed by atoms with E-state index in [0.29, 0.717) is 26.9 Å². The van der Waals surface area contributed by atoms with Gasteiger partial charge in [-0.2, -0.15) is 0 Å². The van der Waals surface area contributed by atoms with Crippen LogP contribution >= 0.6 is 23.2 Å². The number of aromatic nitrogens is 4. The Morgan fingerprint density at radius 1 is 1.16 bits per heavy atom. The van der Waals surface area contributed by atoms with Gasteiger partial charge in [0.15, 0.2) is 17.3 Å². The number of benzene rings is 2. The summed E-state index contributed by atoms with van der Waals surface area (Å²) in [4.78, 5) is 16.8. The van der Waals surface area contributed by atoms with E-state index < -0.39 is 11.7 Å². The maximum Gasteiger partial charge on any atom is 0.280 e. The van der Waals surface area contributed by atoms with Crippen molar-refractivity contribution >= 4 is 35.1 Å². The predicted octanol–water partition coefficient (Wildman–Crippen LogP) is 4.90. The molecule has 0 fully saturated rings. The molecular weight excluding hydrogens is 460 g/mol. The lowest BCUT2D eigenvalue weighted by atomic mass is 10.2. The molecule has 11 heteroatoms. The second kappa shape index (κ2) is 9.37. The third-order valence-electron chi connectivity index (χ3n) is 4.55. The fourth-order valence-electron chi connectivity index (χ4n) is 2.89. The number of carbonyl (C=O) groups is 1. The molecule has 0 saturated heterocycles. The molecule has 0 radical (unpaired) electrons. The first kappa shape index (κ1) is 21.8. The second-order valence-electron chi connectivity index (χ2n) is 6.71. The van der Waals surface area contributed by atoms with Gasteiger partial charge < -0.3 is 9.26 Å². The predicted molar refractivity (Wildman–Crippen MR) is 116 cm³/mol. The van der Waals surface area contributed by atoms with E-state index in [0.717, 1.165) is 0 Å². The highest BCUT2D eigenvalue weighted by Crippen LogP contribution is 2.25. The first-order chi connectivity index (χ1) is 15.4. The summed E-state index contributed by atoms with van der Waals surface area (Å²) in [6, 6.07) is 11.2. The Labute approximate surface area is 191 Å². The molecule has 0 bridgehead atoms. The number of hydrogen-bond donors (Lipinski definition) is 1. The van der Waals surface area contributed by atoms with Gasteiger partial charge in [-0.25, -0.2) is 14.1 Å². The molecule has 2 aromatic heterocycles. The fraction of sp³-hybridized carbons (Fsp3) is 0.143. The minimum atomic E-state index is -0.595. The third-order valence-corrected chi connectivity index (χ3v) is 5.26. The van der Waals surface area contributed by atoms with E-state index in [4.69, 9.17) is 32.5 Å². The van der Waals surface area contributed by atoms with Crippen LogP contribution in [0.4, 0.5) is 10.3 Å². The van der Waals surface area contributed by atoms with Crippen LogP contribution in [0.25, 0.3) is 0 Å². The molecule has 0 unspecified atom stereocenters. The van der Waals surface area contributed by atoms with Crippen molar-refractivity contribution < 1.29 is 18.4 Å². The molecule has 1 amide bonds. The number of carbonyl (C=O) groups excluding carboxylic acids is 1. The number of nitrogens with zero attached hydrogens (tertiary/aromatic N) is 4. The van der Waals surface area contributed by atoms with E-state index in [1.54, 1.807) is 37.3 Å². The molecule has 0 atom stereocenters. The Bertz CT molecular complexity index is 1250. The number of ether oxygens (including phenoxy) is 1. The maximum atomic E-state index is 13.8. The molecule has 4 aromatic rings. The molecule has 32 heavy (non-hydrogen) atoms. The summed E-state index contributed by atoms with van der Waals surface area (Å²) >= 11 is 12.4. The van der Waals surface area contributed by atoms with Gasteiger partial charge >= 0.3 is 0 Å². The van der Waals surface area contributed by atoms with Gasteiger partial charge in [0.2, 0.25) is 5.95 Å². The zero-order valence-corrected chi connectivity index (χ0v) is 18.2. The quantitative estimate of drug-likeness (QED) is 0.408. The van der Waals surface area contributed by atoms with Crippen molar-refractivity contribution in [3.05, 3.63) is 87.2 Å². The van der Waals surface area contributed by atoms with Crippen LogP contribution in [0.5, 0.6) is 5.75 Å². The van der Waals surface area contributed by atoms with Gasteiger partial charge in [0, 0.05) is 15.6 Å². The zero-order valence-electron chi connectivity index (χ0n) is 16.7. The molecule has 2 aromatic carbocycles. The van der Waals surface area contributed by atoms with Crippen molar-refractivity contribution in [2.45, 2.75) is 20.1 Å². The largest absolute Gasteiger partial charge is 0.486 e. The highest BCUT2D eigenvalue weighted by atomic mass is 35.5. The molecule has 8 nitrogen and oxygen atoms in total. The minimum absolute atomic E-state index is 0.00987. The van der Waals surface area contributed by atoms with Gasteiger partial charge in [0.05, 0.1) is 12.1 Å². The van der Waals surface area contributed by atoms with Crippen molar-refractivity contribution in [3.8, 4) is 5.75 Å². The molecule has 4 rings (SSSR count). The number of amides is 1. The van der Waals surface area contributed by atoms with Crippen LogP contribution in [-0.2, 0) is 13.2 Å². The Balaban J connectivity index is 1.45. The summed E-state index contributed by atoms with van der Waals surface area (Å²) in [5, 5.41) is 11.5. The van der Waals surface area contributed by atoms with E-state index in [1.807, 2.05) is 0 Å². The zero-order chi connectivity index (χ0) is 22.7. The van der Waals surface area contributed by atoms with Gasteiger partial charge in [-0.1, -0.05) is 46.6 Å². The monoisotopic (exact) mass is 475 g/mol. The van der Waals surface area contributed by atoms with Crippen LogP contribution in [0.2, 0.25) is 10.0 Å². The standard InChI is InChI=1S/C21H16Cl2FN5O3/c1-12-14(10-31-18-8-3-2-7-17(18)24)19(28-32-12)20(30)26-21-25-11-29(27-21)9-13-15(22)5-4-6-16(13)23/h2-8,11H,9-10H2,1H3,(H,26,27,30). The summed E-state index contributed by atoms with van der Waals surface area (Å²) in [6.45, 7) is 1.79. The van der Waals surface area contributed by atoms with E-state index in [1.165, 1.54) is 23.1 Å². The summed E-state index contributed by atoms with van der Waals surface area (Å²) < 4.78 is 25.9. The van der Waals surface area contributed by atoms with Crippen LogP contribution in [0.3, 0.4) is 0 Å². The summed E-state index contributed by atoms with van der Waals surface area (Å²) in [7, 11) is 0. The normalized spacial score (nSPS) is 10.9. The van der Waals surface area contributed by atoms with Crippen molar-refractivity contribution in [2.24, 2.45) is 0 Å². The Morgan fingerprint density at radius 2 is 1.91 bits per heavy atom. The van der Waals surface area contributed by atoms with Crippen LogP contribution < -0.4 is 10.1 Å². The first-order valence-electron chi connectivity index (χ1n) is 9.38. The van der Waals surface area contributed by atoms with Gasteiger partial charge in [0.1, 0.15) is 18.7 Å². The van der Waals surface area contributed by atoms with E-state index in [-0.39, 0.29) is 30.5 Å². The summed E-state index contributed by atoms with van der Waals surface area (Å²) in [5.41, 5.74) is 1.05. The van der Waals surface area contributed by atoms with Gasteiger partial charge in [-0.05, 0) is 31.2 Å². The van der Waals surface area contributed by atoms with Gasteiger partial charge in [0.25, 0.3) is 5.91 Å². The smallest absolute Gasteiger partial charge is 0.280 e. The third kappa shape index (κ3) is 4.74. The number of rotatable bonds is 7. The highest BCUT2D eigenvalue weighted by molar-refractivity contribution is 6.35. The average molecular weight is 476 g/mol. The van der Waals surface area contributed by atoms with E-state index in [9.17, 15) is 9.18 Å². The van der Waals surface area contributed by atoms with Crippen molar-refractivity contribution in [2.75, 3.05) is 5.32 Å².